The molecule has 1 aromatic rings. The Morgan fingerprint density at radius 3 is 2.79 bits per heavy atom. The van der Waals surface area contributed by atoms with Crippen LogP contribution in [0.25, 0.3) is 6.08 Å². The van der Waals surface area contributed by atoms with E-state index in [9.17, 15) is 4.79 Å². The molecule has 0 saturated carbocycles. The number of carbonyl (C=O) groups is 1. The zero-order chi connectivity index (χ0) is 14.3. The molecule has 0 heterocycles. The molecule has 0 aliphatic rings. The van der Waals surface area contributed by atoms with Gasteiger partial charge in [-0.25, -0.2) is 0 Å². The predicted molar refractivity (Wildman–Crippen MR) is 78.0 cm³/mol. The van der Waals surface area contributed by atoms with Crippen molar-refractivity contribution in [2.45, 2.75) is 0 Å². The molecule has 0 aromatic heterocycles. The number of nitrogens with zero attached hydrogens (tertiary/aromatic N) is 1. The first-order chi connectivity index (χ1) is 9.02. The summed E-state index contributed by atoms with van der Waals surface area (Å²) in [4.78, 5) is 13.5. The van der Waals surface area contributed by atoms with Crippen LogP contribution in [0.1, 0.15) is 5.56 Å². The Hall–Kier alpha value is -2.01. The van der Waals surface area contributed by atoms with E-state index in [1.807, 2.05) is 25.1 Å². The number of carbonyl (C=O) groups excluding carboxylic acids is 1. The van der Waals surface area contributed by atoms with Gasteiger partial charge in [-0.2, -0.15) is 0 Å². The molecule has 0 saturated heterocycles. The number of rotatable bonds is 6. The van der Waals surface area contributed by atoms with Crippen LogP contribution in [0.3, 0.4) is 0 Å². The van der Waals surface area contributed by atoms with Gasteiger partial charge in [-0.1, -0.05) is 6.07 Å². The van der Waals surface area contributed by atoms with Crippen LogP contribution >= 0.6 is 0 Å². The molecule has 1 aromatic carbocycles. The van der Waals surface area contributed by atoms with E-state index in [2.05, 4.69) is 5.32 Å². The first-order valence-corrected chi connectivity index (χ1v) is 6.07. The highest BCUT2D eigenvalue weighted by Gasteiger charge is 1.99. The van der Waals surface area contributed by atoms with Crippen LogP contribution in [-0.2, 0) is 4.79 Å². The SMILES string of the molecule is COc1ccc(/C=C/C(=O)NCCN(C)C)cc1N. The van der Waals surface area contributed by atoms with Gasteiger partial charge in [0.1, 0.15) is 5.75 Å². The zero-order valence-corrected chi connectivity index (χ0v) is 11.6. The fourth-order valence-electron chi connectivity index (χ4n) is 1.49. The fraction of sp³-hybridized carbons (Fsp3) is 0.357. The summed E-state index contributed by atoms with van der Waals surface area (Å²) in [5, 5.41) is 2.80. The highest BCUT2D eigenvalue weighted by atomic mass is 16.5. The van der Waals surface area contributed by atoms with Crippen molar-refractivity contribution < 1.29 is 9.53 Å². The number of nitrogens with one attached hydrogen (secondary N) is 1. The molecule has 0 bridgehead atoms. The Morgan fingerprint density at radius 2 is 2.21 bits per heavy atom. The summed E-state index contributed by atoms with van der Waals surface area (Å²) in [6.07, 6.45) is 3.22. The van der Waals surface area contributed by atoms with Gasteiger partial charge in [0.15, 0.2) is 0 Å². The molecule has 0 aliphatic heterocycles. The minimum absolute atomic E-state index is 0.115. The standard InChI is InChI=1S/C14H21N3O2/c1-17(2)9-8-16-14(18)7-5-11-4-6-13(19-3)12(15)10-11/h4-7,10H,8-9,15H2,1-3H3,(H,16,18)/b7-5+. The fourth-order valence-corrected chi connectivity index (χ4v) is 1.49. The van der Waals surface area contributed by atoms with Crippen molar-refractivity contribution in [3.05, 3.63) is 29.8 Å². The van der Waals surface area contributed by atoms with Crippen molar-refractivity contribution in [1.82, 2.24) is 10.2 Å². The number of nitrogen functional groups attached to an aromatic ring is 1. The van der Waals surface area contributed by atoms with Crippen molar-refractivity contribution in [3.8, 4) is 5.75 Å². The number of ether oxygens (including phenoxy) is 1. The lowest BCUT2D eigenvalue weighted by Gasteiger charge is -2.09. The Morgan fingerprint density at radius 1 is 1.47 bits per heavy atom. The molecular weight excluding hydrogens is 242 g/mol. The monoisotopic (exact) mass is 263 g/mol. The normalized spacial score (nSPS) is 10.9. The third kappa shape index (κ3) is 5.44. The highest BCUT2D eigenvalue weighted by Crippen LogP contribution is 2.22. The van der Waals surface area contributed by atoms with Gasteiger partial charge in [-0.05, 0) is 37.9 Å². The van der Waals surface area contributed by atoms with Crippen LogP contribution in [-0.4, -0.2) is 45.1 Å². The van der Waals surface area contributed by atoms with E-state index in [-0.39, 0.29) is 5.91 Å². The minimum atomic E-state index is -0.115. The van der Waals surface area contributed by atoms with E-state index >= 15 is 0 Å². The van der Waals surface area contributed by atoms with Gasteiger partial charge in [-0.15, -0.1) is 0 Å². The maximum absolute atomic E-state index is 11.5. The summed E-state index contributed by atoms with van der Waals surface area (Å²) in [6, 6.07) is 5.39. The summed E-state index contributed by atoms with van der Waals surface area (Å²) < 4.78 is 5.07. The van der Waals surface area contributed by atoms with Gasteiger partial charge in [0.05, 0.1) is 12.8 Å². The Kier molecular flexibility index (Phi) is 5.89. The van der Waals surface area contributed by atoms with Gasteiger partial charge in [-0.3, -0.25) is 4.79 Å². The predicted octanol–water partition coefficient (Wildman–Crippen LogP) is 0.968. The van der Waals surface area contributed by atoms with Crippen molar-refractivity contribution >= 4 is 17.7 Å². The summed E-state index contributed by atoms with van der Waals surface area (Å²) >= 11 is 0. The van der Waals surface area contributed by atoms with Crippen LogP contribution in [0, 0.1) is 0 Å². The number of hydrogen-bond donors (Lipinski definition) is 2. The molecule has 0 aliphatic carbocycles. The van der Waals surface area contributed by atoms with Gasteiger partial charge in [0.2, 0.25) is 5.91 Å². The molecule has 0 unspecified atom stereocenters. The first-order valence-electron chi connectivity index (χ1n) is 6.07. The average Bonchev–Trinajstić information content (AvgIpc) is 2.36. The summed E-state index contributed by atoms with van der Waals surface area (Å²) in [7, 11) is 5.49. The van der Waals surface area contributed by atoms with E-state index in [0.29, 0.717) is 18.0 Å². The van der Waals surface area contributed by atoms with E-state index in [0.717, 1.165) is 12.1 Å². The second kappa shape index (κ2) is 7.43. The number of amides is 1. The third-order valence-corrected chi connectivity index (χ3v) is 2.54. The maximum atomic E-state index is 11.5. The van der Waals surface area contributed by atoms with Crippen LogP contribution in [0.4, 0.5) is 5.69 Å². The lowest BCUT2D eigenvalue weighted by Crippen LogP contribution is -2.30. The molecule has 0 spiro atoms. The Labute approximate surface area is 114 Å². The number of likely N-dealkylation sites (N-methyl/N-ethyl adjacent to an activating group) is 1. The third-order valence-electron chi connectivity index (χ3n) is 2.54. The van der Waals surface area contributed by atoms with E-state index in [1.165, 1.54) is 6.08 Å². The largest absolute Gasteiger partial charge is 0.495 e. The molecule has 0 radical (unpaired) electrons. The minimum Gasteiger partial charge on any atom is -0.495 e. The van der Waals surface area contributed by atoms with Crippen LogP contribution in [0.5, 0.6) is 5.75 Å². The van der Waals surface area contributed by atoms with E-state index < -0.39 is 0 Å². The molecule has 1 rings (SSSR count). The van der Waals surface area contributed by atoms with Crippen molar-refractivity contribution in [2.75, 3.05) is 40.0 Å². The summed E-state index contributed by atoms with van der Waals surface area (Å²) in [6.45, 7) is 1.44. The molecular formula is C14H21N3O2. The molecule has 5 heteroatoms. The molecule has 104 valence electrons. The average molecular weight is 263 g/mol. The summed E-state index contributed by atoms with van der Waals surface area (Å²) in [5.74, 6) is 0.517. The smallest absolute Gasteiger partial charge is 0.244 e. The van der Waals surface area contributed by atoms with Crippen molar-refractivity contribution in [1.29, 1.82) is 0 Å². The van der Waals surface area contributed by atoms with Crippen molar-refractivity contribution in [3.63, 3.8) is 0 Å². The Balaban J connectivity index is 2.51. The zero-order valence-electron chi connectivity index (χ0n) is 11.6. The van der Waals surface area contributed by atoms with E-state index in [4.69, 9.17) is 10.5 Å². The van der Waals surface area contributed by atoms with Gasteiger partial charge in [0, 0.05) is 19.2 Å². The second-order valence-corrected chi connectivity index (χ2v) is 4.43. The number of benzene rings is 1. The first kappa shape index (κ1) is 15.0. The number of hydrogen-bond acceptors (Lipinski definition) is 4. The highest BCUT2D eigenvalue weighted by molar-refractivity contribution is 5.91. The Bertz CT molecular complexity index is 456. The van der Waals surface area contributed by atoms with Crippen LogP contribution in [0.2, 0.25) is 0 Å². The second-order valence-electron chi connectivity index (χ2n) is 4.43. The maximum Gasteiger partial charge on any atom is 0.244 e. The molecule has 1 amide bonds. The van der Waals surface area contributed by atoms with Crippen LogP contribution < -0.4 is 15.8 Å². The van der Waals surface area contributed by atoms with Gasteiger partial charge in [0.25, 0.3) is 0 Å². The lowest BCUT2D eigenvalue weighted by atomic mass is 10.1. The van der Waals surface area contributed by atoms with Crippen molar-refractivity contribution in [2.24, 2.45) is 0 Å². The van der Waals surface area contributed by atoms with Gasteiger partial charge >= 0.3 is 0 Å². The lowest BCUT2D eigenvalue weighted by molar-refractivity contribution is -0.116. The number of nitrogens with two attached hydrogens (primary N) is 1. The quantitative estimate of drug-likeness (QED) is 0.593. The summed E-state index contributed by atoms with van der Waals surface area (Å²) in [5.41, 5.74) is 7.20. The number of anilines is 1. The van der Waals surface area contributed by atoms with Gasteiger partial charge < -0.3 is 20.7 Å². The van der Waals surface area contributed by atoms with Crippen LogP contribution in [0.15, 0.2) is 24.3 Å². The number of methoxy groups -OCH3 is 1. The molecule has 0 fully saturated rings. The molecule has 3 N–H and O–H groups in total. The molecule has 5 nitrogen and oxygen atoms in total. The molecule has 19 heavy (non-hydrogen) atoms. The van der Waals surface area contributed by atoms with E-state index in [1.54, 1.807) is 25.3 Å². The molecule has 0 atom stereocenters. The topological polar surface area (TPSA) is 67.6 Å².